The zero-order valence-electron chi connectivity index (χ0n) is 7.57. The summed E-state index contributed by atoms with van der Waals surface area (Å²) in [7, 11) is 0. The average Bonchev–Trinajstić information content (AvgIpc) is 2.21. The van der Waals surface area contributed by atoms with Crippen LogP contribution in [0.25, 0.3) is 0 Å². The minimum atomic E-state index is 0.699. The van der Waals surface area contributed by atoms with Gasteiger partial charge in [-0.3, -0.25) is 0 Å². The van der Waals surface area contributed by atoms with Gasteiger partial charge in [0.25, 0.3) is 0 Å². The van der Waals surface area contributed by atoms with E-state index in [4.69, 9.17) is 16.9 Å². The van der Waals surface area contributed by atoms with Gasteiger partial charge in [-0.25, -0.2) is 10.7 Å². The second kappa shape index (κ2) is 6.95. The van der Waals surface area contributed by atoms with E-state index >= 15 is 0 Å². The summed E-state index contributed by atoms with van der Waals surface area (Å²) in [6.07, 6.45) is 1.01. The molecule has 78 valence electrons. The topological polar surface area (TPSA) is 41.5 Å². The van der Waals surface area contributed by atoms with Crippen LogP contribution in [0.4, 0.5) is 5.69 Å². The third-order valence-corrected chi connectivity index (χ3v) is 2.93. The molecule has 0 bridgehead atoms. The first-order valence-corrected chi connectivity index (χ1v) is 5.74. The number of hydrogen-bond acceptors (Lipinski definition) is 4. The number of anilines is 1. The molecule has 14 heavy (non-hydrogen) atoms. The molecule has 0 radical (unpaired) electrons. The summed E-state index contributed by atoms with van der Waals surface area (Å²) < 4.78 is 0. The standard InChI is InChI=1S/C9H12ClNO2S/c10-6-1-7-14-9-4-2-8(3-5-9)11-13-12/h2-5,11-12H,1,6-7H2. The van der Waals surface area contributed by atoms with Crippen LogP contribution in [0, 0.1) is 0 Å². The van der Waals surface area contributed by atoms with Gasteiger partial charge in [0.2, 0.25) is 0 Å². The van der Waals surface area contributed by atoms with Crippen molar-refractivity contribution >= 4 is 29.1 Å². The van der Waals surface area contributed by atoms with Gasteiger partial charge in [-0.2, -0.15) is 0 Å². The number of thioether (sulfide) groups is 1. The summed E-state index contributed by atoms with van der Waals surface area (Å²) in [5, 5.41) is 8.13. The van der Waals surface area contributed by atoms with Gasteiger partial charge in [0.15, 0.2) is 0 Å². The van der Waals surface area contributed by atoms with E-state index in [0.29, 0.717) is 11.6 Å². The fourth-order valence-corrected chi connectivity index (χ4v) is 2.06. The third-order valence-electron chi connectivity index (χ3n) is 1.56. The Labute approximate surface area is 92.3 Å². The lowest BCUT2D eigenvalue weighted by Gasteiger charge is -2.03. The third kappa shape index (κ3) is 4.19. The van der Waals surface area contributed by atoms with E-state index in [1.54, 1.807) is 11.8 Å². The Morgan fingerprint density at radius 2 is 2.07 bits per heavy atom. The van der Waals surface area contributed by atoms with Crippen molar-refractivity contribution in [1.29, 1.82) is 0 Å². The maximum Gasteiger partial charge on any atom is 0.0635 e. The van der Waals surface area contributed by atoms with Crippen LogP contribution >= 0.6 is 23.4 Å². The first-order chi connectivity index (χ1) is 6.86. The highest BCUT2D eigenvalue weighted by molar-refractivity contribution is 7.99. The highest BCUT2D eigenvalue weighted by Crippen LogP contribution is 2.20. The molecule has 1 rings (SSSR count). The summed E-state index contributed by atoms with van der Waals surface area (Å²) in [6.45, 7) is 0. The monoisotopic (exact) mass is 233 g/mol. The second-order valence-corrected chi connectivity index (χ2v) is 4.16. The Bertz CT molecular complexity index is 255. The molecule has 0 unspecified atom stereocenters. The molecule has 1 aromatic rings. The van der Waals surface area contributed by atoms with E-state index < -0.39 is 0 Å². The first-order valence-electron chi connectivity index (χ1n) is 4.22. The molecule has 0 saturated carbocycles. The normalized spacial score (nSPS) is 10.1. The first kappa shape index (κ1) is 11.7. The largest absolute Gasteiger partial charge is 0.236 e. The SMILES string of the molecule is OONc1ccc(SCCCCl)cc1. The van der Waals surface area contributed by atoms with Crippen molar-refractivity contribution in [3.05, 3.63) is 24.3 Å². The van der Waals surface area contributed by atoms with E-state index in [9.17, 15) is 0 Å². The van der Waals surface area contributed by atoms with Gasteiger partial charge in [0.05, 0.1) is 5.69 Å². The van der Waals surface area contributed by atoms with E-state index in [1.165, 1.54) is 4.90 Å². The fourth-order valence-electron chi connectivity index (χ4n) is 0.916. The van der Waals surface area contributed by atoms with Crippen LogP contribution in [0.5, 0.6) is 0 Å². The van der Waals surface area contributed by atoms with E-state index in [1.807, 2.05) is 24.3 Å². The van der Waals surface area contributed by atoms with Crippen molar-refractivity contribution in [3.63, 3.8) is 0 Å². The van der Waals surface area contributed by atoms with Gasteiger partial charge in [0.1, 0.15) is 0 Å². The van der Waals surface area contributed by atoms with Crippen molar-refractivity contribution in [2.75, 3.05) is 17.1 Å². The molecule has 3 nitrogen and oxygen atoms in total. The van der Waals surface area contributed by atoms with Crippen LogP contribution < -0.4 is 5.48 Å². The van der Waals surface area contributed by atoms with Gasteiger partial charge >= 0.3 is 0 Å². The Morgan fingerprint density at radius 3 is 2.64 bits per heavy atom. The summed E-state index contributed by atoms with van der Waals surface area (Å²) in [5.41, 5.74) is 3.04. The smallest absolute Gasteiger partial charge is 0.0635 e. The Morgan fingerprint density at radius 1 is 1.36 bits per heavy atom. The van der Waals surface area contributed by atoms with Crippen LogP contribution in [0.1, 0.15) is 6.42 Å². The van der Waals surface area contributed by atoms with Crippen LogP contribution in [-0.2, 0) is 4.99 Å². The summed E-state index contributed by atoms with van der Waals surface area (Å²) >= 11 is 7.32. The van der Waals surface area contributed by atoms with E-state index in [2.05, 4.69) is 10.5 Å². The zero-order valence-corrected chi connectivity index (χ0v) is 9.14. The summed E-state index contributed by atoms with van der Waals surface area (Å²) in [4.78, 5) is 4.97. The molecule has 0 amide bonds. The molecule has 0 aliphatic rings. The molecule has 0 aromatic heterocycles. The minimum Gasteiger partial charge on any atom is -0.236 e. The predicted octanol–water partition coefficient (Wildman–Crippen LogP) is 3.22. The molecule has 0 spiro atoms. The lowest BCUT2D eigenvalue weighted by Crippen LogP contribution is -1.95. The number of benzene rings is 1. The molecule has 1 aromatic carbocycles. The molecule has 0 saturated heterocycles. The van der Waals surface area contributed by atoms with Gasteiger partial charge in [-0.1, -0.05) is 0 Å². The zero-order chi connectivity index (χ0) is 10.2. The van der Waals surface area contributed by atoms with Crippen molar-refractivity contribution in [2.45, 2.75) is 11.3 Å². The summed E-state index contributed by atoms with van der Waals surface area (Å²) in [6, 6.07) is 7.58. The maximum absolute atomic E-state index is 8.13. The fraction of sp³-hybridized carbons (Fsp3) is 0.333. The quantitative estimate of drug-likeness (QED) is 0.260. The second-order valence-electron chi connectivity index (χ2n) is 2.61. The molecule has 5 heteroatoms. The molecule has 0 fully saturated rings. The van der Waals surface area contributed by atoms with Crippen molar-refractivity contribution < 1.29 is 10.2 Å². The van der Waals surface area contributed by atoms with Gasteiger partial charge in [-0.15, -0.1) is 28.4 Å². The molecule has 0 heterocycles. The molecule has 0 aliphatic carbocycles. The average molecular weight is 234 g/mol. The number of halogens is 1. The Kier molecular flexibility index (Phi) is 5.78. The lowest BCUT2D eigenvalue weighted by atomic mass is 10.3. The lowest BCUT2D eigenvalue weighted by molar-refractivity contribution is -0.215. The van der Waals surface area contributed by atoms with E-state index in [0.717, 1.165) is 12.2 Å². The van der Waals surface area contributed by atoms with Gasteiger partial charge < -0.3 is 0 Å². The highest BCUT2D eigenvalue weighted by Gasteiger charge is 1.94. The predicted molar refractivity (Wildman–Crippen MR) is 59.8 cm³/mol. The van der Waals surface area contributed by atoms with Crippen molar-refractivity contribution in [1.82, 2.24) is 0 Å². The minimum absolute atomic E-state index is 0.699. The Hall–Kier alpha value is -0.420. The number of rotatable bonds is 6. The van der Waals surface area contributed by atoms with E-state index in [-0.39, 0.29) is 0 Å². The number of hydrogen-bond donors (Lipinski definition) is 2. The van der Waals surface area contributed by atoms with Gasteiger partial charge in [0, 0.05) is 10.8 Å². The van der Waals surface area contributed by atoms with Crippen LogP contribution in [-0.4, -0.2) is 16.9 Å². The number of alkyl halides is 1. The highest BCUT2D eigenvalue weighted by atomic mass is 35.5. The molecule has 2 N–H and O–H groups in total. The van der Waals surface area contributed by atoms with Crippen molar-refractivity contribution in [2.24, 2.45) is 0 Å². The molecule has 0 atom stereocenters. The van der Waals surface area contributed by atoms with Gasteiger partial charge in [-0.05, 0) is 36.4 Å². The maximum atomic E-state index is 8.13. The molecular formula is C9H12ClNO2S. The van der Waals surface area contributed by atoms with Crippen LogP contribution in [0.3, 0.4) is 0 Å². The number of nitrogens with one attached hydrogen (secondary N) is 1. The molecule has 0 aliphatic heterocycles. The van der Waals surface area contributed by atoms with Crippen molar-refractivity contribution in [3.8, 4) is 0 Å². The molecular weight excluding hydrogens is 222 g/mol. The Balaban J connectivity index is 2.38. The van der Waals surface area contributed by atoms with Crippen LogP contribution in [0.2, 0.25) is 0 Å². The summed E-state index contributed by atoms with van der Waals surface area (Å²) in [5.74, 6) is 1.72. The van der Waals surface area contributed by atoms with Crippen LogP contribution in [0.15, 0.2) is 29.2 Å².